The van der Waals surface area contributed by atoms with E-state index >= 15 is 0 Å². The lowest BCUT2D eigenvalue weighted by Gasteiger charge is -2.05. The first-order chi connectivity index (χ1) is 9.60. The molecule has 0 heterocycles. The van der Waals surface area contributed by atoms with Crippen LogP contribution in [0.3, 0.4) is 0 Å². The van der Waals surface area contributed by atoms with Crippen molar-refractivity contribution in [2.24, 2.45) is 0 Å². The van der Waals surface area contributed by atoms with Crippen LogP contribution < -0.4 is 4.74 Å². The van der Waals surface area contributed by atoms with Crippen molar-refractivity contribution in [2.45, 2.75) is 11.3 Å². The standard InChI is InChI=1S/C15H14F2O2S/c1-19-12-4-2-11(3-5-12)8-9-20(18)13-6-7-14(16)15(17)10-13/h2-7,10H,8-9H2,1H3/t20-/m1/s1. The molecule has 20 heavy (non-hydrogen) atoms. The van der Waals surface area contributed by atoms with Gasteiger partial charge in [-0.3, -0.25) is 4.21 Å². The van der Waals surface area contributed by atoms with Crippen molar-refractivity contribution in [1.29, 1.82) is 0 Å². The third-order valence-corrected chi connectivity index (χ3v) is 4.24. The minimum atomic E-state index is -1.35. The number of hydrogen-bond donors (Lipinski definition) is 0. The van der Waals surface area contributed by atoms with Crippen LogP contribution in [0.15, 0.2) is 47.4 Å². The molecular formula is C15H14F2O2S. The van der Waals surface area contributed by atoms with Crippen LogP contribution in [0.4, 0.5) is 8.78 Å². The summed E-state index contributed by atoms with van der Waals surface area (Å²) in [5, 5.41) is 0. The molecular weight excluding hydrogens is 282 g/mol. The maximum Gasteiger partial charge on any atom is 0.160 e. The van der Waals surface area contributed by atoms with Gasteiger partial charge in [-0.1, -0.05) is 12.1 Å². The normalized spacial score (nSPS) is 12.2. The Morgan fingerprint density at radius 3 is 2.35 bits per heavy atom. The van der Waals surface area contributed by atoms with Gasteiger partial charge >= 0.3 is 0 Å². The SMILES string of the molecule is COc1ccc(CC[S@@](=O)c2ccc(F)c(F)c2)cc1. The van der Waals surface area contributed by atoms with E-state index in [0.717, 1.165) is 23.4 Å². The number of aryl methyl sites for hydroxylation is 1. The lowest BCUT2D eigenvalue weighted by atomic mass is 10.2. The second-order valence-corrected chi connectivity index (χ2v) is 5.79. The zero-order chi connectivity index (χ0) is 14.5. The van der Waals surface area contributed by atoms with Gasteiger partial charge in [-0.05, 0) is 42.3 Å². The molecule has 0 spiro atoms. The van der Waals surface area contributed by atoms with E-state index in [0.29, 0.717) is 17.1 Å². The highest BCUT2D eigenvalue weighted by Gasteiger charge is 2.08. The maximum atomic E-state index is 13.1. The quantitative estimate of drug-likeness (QED) is 0.846. The van der Waals surface area contributed by atoms with Crippen LogP contribution in [0, 0.1) is 11.6 Å². The fourth-order valence-corrected chi connectivity index (χ4v) is 2.85. The molecule has 0 fully saturated rings. The molecule has 0 N–H and O–H groups in total. The summed E-state index contributed by atoms with van der Waals surface area (Å²) in [4.78, 5) is 0.303. The Balaban J connectivity index is 1.98. The largest absolute Gasteiger partial charge is 0.497 e. The molecule has 0 amide bonds. The zero-order valence-corrected chi connectivity index (χ0v) is 11.8. The van der Waals surface area contributed by atoms with E-state index in [1.807, 2.05) is 24.3 Å². The van der Waals surface area contributed by atoms with Crippen molar-refractivity contribution in [3.8, 4) is 5.75 Å². The molecule has 0 saturated carbocycles. The van der Waals surface area contributed by atoms with Gasteiger partial charge in [-0.15, -0.1) is 0 Å². The fourth-order valence-electron chi connectivity index (χ4n) is 1.74. The zero-order valence-electron chi connectivity index (χ0n) is 10.9. The van der Waals surface area contributed by atoms with Gasteiger partial charge in [0.05, 0.1) is 17.9 Å². The molecule has 5 heteroatoms. The lowest BCUT2D eigenvalue weighted by Crippen LogP contribution is -2.02. The summed E-state index contributed by atoms with van der Waals surface area (Å²) in [6.45, 7) is 0. The first kappa shape index (κ1) is 14.7. The van der Waals surface area contributed by atoms with Crippen molar-refractivity contribution < 1.29 is 17.7 Å². The highest BCUT2D eigenvalue weighted by atomic mass is 32.2. The molecule has 0 radical (unpaired) electrons. The molecule has 0 bridgehead atoms. The third kappa shape index (κ3) is 3.63. The predicted molar refractivity (Wildman–Crippen MR) is 74.3 cm³/mol. The Kier molecular flexibility index (Phi) is 4.84. The summed E-state index contributed by atoms with van der Waals surface area (Å²) in [6.07, 6.45) is 0.593. The molecule has 2 aromatic rings. The number of benzene rings is 2. The molecule has 2 nitrogen and oxygen atoms in total. The first-order valence-corrected chi connectivity index (χ1v) is 7.38. The number of ether oxygens (including phenoxy) is 1. The second kappa shape index (κ2) is 6.61. The monoisotopic (exact) mass is 296 g/mol. The summed E-state index contributed by atoms with van der Waals surface area (Å²) in [6, 6.07) is 10.8. The first-order valence-electron chi connectivity index (χ1n) is 6.06. The third-order valence-electron chi connectivity index (χ3n) is 2.89. The highest BCUT2D eigenvalue weighted by molar-refractivity contribution is 7.85. The average Bonchev–Trinajstić information content (AvgIpc) is 2.48. The molecule has 1 atom stereocenters. The van der Waals surface area contributed by atoms with Gasteiger partial charge in [0.1, 0.15) is 5.75 Å². The van der Waals surface area contributed by atoms with Crippen LogP contribution in [0.1, 0.15) is 5.56 Å². The maximum absolute atomic E-state index is 13.1. The van der Waals surface area contributed by atoms with Gasteiger partial charge in [-0.2, -0.15) is 0 Å². The molecule has 2 rings (SSSR count). The number of hydrogen-bond acceptors (Lipinski definition) is 2. The van der Waals surface area contributed by atoms with E-state index in [9.17, 15) is 13.0 Å². The van der Waals surface area contributed by atoms with Gasteiger partial charge in [0.25, 0.3) is 0 Å². The number of halogens is 2. The molecule has 0 saturated heterocycles. The van der Waals surface area contributed by atoms with Crippen LogP contribution in [0.5, 0.6) is 5.75 Å². The summed E-state index contributed by atoms with van der Waals surface area (Å²) in [5.74, 6) is -0.783. The Morgan fingerprint density at radius 2 is 1.75 bits per heavy atom. The number of methoxy groups -OCH3 is 1. The van der Waals surface area contributed by atoms with Crippen LogP contribution in [-0.4, -0.2) is 17.1 Å². The van der Waals surface area contributed by atoms with E-state index < -0.39 is 22.4 Å². The van der Waals surface area contributed by atoms with Crippen LogP contribution in [-0.2, 0) is 17.2 Å². The average molecular weight is 296 g/mol. The van der Waals surface area contributed by atoms with Gasteiger partial charge in [0.15, 0.2) is 11.6 Å². The molecule has 0 aromatic heterocycles. The van der Waals surface area contributed by atoms with E-state index in [2.05, 4.69) is 0 Å². The van der Waals surface area contributed by atoms with Crippen LogP contribution in [0.25, 0.3) is 0 Å². The smallest absolute Gasteiger partial charge is 0.160 e. The predicted octanol–water partition coefficient (Wildman–Crippen LogP) is 3.32. The Hall–Kier alpha value is -1.75. The summed E-state index contributed by atoms with van der Waals surface area (Å²) >= 11 is 0. The van der Waals surface area contributed by atoms with E-state index in [-0.39, 0.29) is 0 Å². The van der Waals surface area contributed by atoms with Crippen molar-refractivity contribution in [3.05, 3.63) is 59.7 Å². The Morgan fingerprint density at radius 1 is 1.05 bits per heavy atom. The van der Waals surface area contributed by atoms with Gasteiger partial charge in [-0.25, -0.2) is 8.78 Å². The minimum absolute atomic E-state index is 0.303. The second-order valence-electron chi connectivity index (χ2n) is 4.22. The van der Waals surface area contributed by atoms with Crippen molar-refractivity contribution >= 4 is 10.8 Å². The molecule has 0 unspecified atom stereocenters. The van der Waals surface area contributed by atoms with Gasteiger partial charge in [0, 0.05) is 10.6 Å². The molecule has 0 aliphatic carbocycles. The Bertz CT molecular complexity index is 612. The van der Waals surface area contributed by atoms with Crippen molar-refractivity contribution in [1.82, 2.24) is 0 Å². The summed E-state index contributed by atoms with van der Waals surface area (Å²) < 4.78 is 42.9. The number of rotatable bonds is 5. The fraction of sp³-hybridized carbons (Fsp3) is 0.200. The van der Waals surface area contributed by atoms with Crippen LogP contribution in [0.2, 0.25) is 0 Å². The van der Waals surface area contributed by atoms with Gasteiger partial charge < -0.3 is 4.74 Å². The summed E-state index contributed by atoms with van der Waals surface area (Å²) in [7, 11) is 0.243. The van der Waals surface area contributed by atoms with Crippen molar-refractivity contribution in [3.63, 3.8) is 0 Å². The topological polar surface area (TPSA) is 26.3 Å². The summed E-state index contributed by atoms with van der Waals surface area (Å²) in [5.41, 5.74) is 1.02. The minimum Gasteiger partial charge on any atom is -0.497 e. The van der Waals surface area contributed by atoms with E-state index in [4.69, 9.17) is 4.74 Å². The van der Waals surface area contributed by atoms with Crippen LogP contribution >= 0.6 is 0 Å². The molecule has 0 aliphatic heterocycles. The lowest BCUT2D eigenvalue weighted by molar-refractivity contribution is 0.414. The molecule has 106 valence electrons. The van der Waals surface area contributed by atoms with Gasteiger partial charge in [0.2, 0.25) is 0 Å². The molecule has 0 aliphatic rings. The van der Waals surface area contributed by atoms with E-state index in [1.165, 1.54) is 6.07 Å². The molecule has 2 aromatic carbocycles. The highest BCUT2D eigenvalue weighted by Crippen LogP contribution is 2.15. The van der Waals surface area contributed by atoms with Crippen molar-refractivity contribution in [2.75, 3.05) is 12.9 Å². The van der Waals surface area contributed by atoms with E-state index in [1.54, 1.807) is 7.11 Å². The Labute approximate surface area is 118 Å².